The van der Waals surface area contributed by atoms with Crippen molar-refractivity contribution in [1.82, 2.24) is 0 Å². The summed E-state index contributed by atoms with van der Waals surface area (Å²) in [5, 5.41) is 12.6. The molecule has 0 aromatic heterocycles. The maximum Gasteiger partial charge on any atom is 0.0177 e. The molecule has 0 fully saturated rings. The number of nitrogens with one attached hydrogen (secondary N) is 1. The van der Waals surface area contributed by atoms with Gasteiger partial charge < -0.3 is 5.41 Å². The highest BCUT2D eigenvalue weighted by atomic mass is 14.3. The van der Waals surface area contributed by atoms with E-state index in [1.807, 2.05) is 6.08 Å². The number of aryl methyl sites for hydroxylation is 1. The van der Waals surface area contributed by atoms with Crippen LogP contribution in [0.25, 0.3) is 83.3 Å². The van der Waals surface area contributed by atoms with Gasteiger partial charge in [-0.2, -0.15) is 0 Å². The highest BCUT2D eigenvalue weighted by molar-refractivity contribution is 6.14. The van der Waals surface area contributed by atoms with Gasteiger partial charge >= 0.3 is 0 Å². The molecule has 0 bridgehead atoms. The van der Waals surface area contributed by atoms with E-state index in [1.54, 1.807) is 0 Å². The Kier molecular flexibility index (Phi) is 5.91. The lowest BCUT2D eigenvalue weighted by atomic mass is 9.80. The van der Waals surface area contributed by atoms with Crippen molar-refractivity contribution in [2.75, 3.05) is 0 Å². The van der Waals surface area contributed by atoms with Crippen LogP contribution in [0.2, 0.25) is 0 Å². The smallest absolute Gasteiger partial charge is 0.0177 e. The van der Waals surface area contributed by atoms with Gasteiger partial charge in [-0.05, 0) is 113 Å². The molecule has 0 atom stereocenters. The van der Waals surface area contributed by atoms with Crippen LogP contribution in [-0.4, -0.2) is 6.21 Å². The zero-order chi connectivity index (χ0) is 28.9. The fourth-order valence-electron chi connectivity index (χ4n) is 6.97. The number of rotatable bonds is 3. The van der Waals surface area contributed by atoms with Crippen molar-refractivity contribution in [1.29, 1.82) is 5.41 Å². The number of benzene rings is 7. The van der Waals surface area contributed by atoms with E-state index in [9.17, 15) is 0 Å². The van der Waals surface area contributed by atoms with Crippen molar-refractivity contribution in [2.24, 2.45) is 0 Å². The first-order valence-electron chi connectivity index (χ1n) is 14.8. The van der Waals surface area contributed by atoms with Crippen molar-refractivity contribution in [3.05, 3.63) is 151 Å². The first-order valence-corrected chi connectivity index (χ1v) is 14.8. The van der Waals surface area contributed by atoms with Crippen LogP contribution in [0.15, 0.2) is 140 Å². The van der Waals surface area contributed by atoms with Crippen molar-refractivity contribution in [3.63, 3.8) is 0 Å². The predicted molar refractivity (Wildman–Crippen MR) is 185 cm³/mol. The summed E-state index contributed by atoms with van der Waals surface area (Å²) in [5.74, 6) is 0. The molecule has 7 aromatic carbocycles. The molecule has 7 aromatic rings. The first kappa shape index (κ1) is 25.2. The fourth-order valence-corrected chi connectivity index (χ4v) is 6.97. The molecule has 0 aliphatic heterocycles. The lowest BCUT2D eigenvalue weighted by Crippen LogP contribution is -1.97. The SMILES string of the molecule is Cc1c(/C=C\C=N)c2cc(-c3ccc4c(c3)-c3ccccc3-c3ccccc3-c3ccccc3-4)ccc2c2ccccc12. The minimum absolute atomic E-state index is 1.17. The van der Waals surface area contributed by atoms with Gasteiger partial charge in [0.25, 0.3) is 0 Å². The summed E-state index contributed by atoms with van der Waals surface area (Å²) < 4.78 is 0. The summed E-state index contributed by atoms with van der Waals surface area (Å²) in [5.41, 5.74) is 14.8. The van der Waals surface area contributed by atoms with Crippen molar-refractivity contribution in [2.45, 2.75) is 6.92 Å². The van der Waals surface area contributed by atoms with Crippen LogP contribution in [0.4, 0.5) is 0 Å². The molecule has 0 radical (unpaired) electrons. The minimum Gasteiger partial charge on any atom is -0.309 e. The zero-order valence-corrected chi connectivity index (χ0v) is 23.9. The van der Waals surface area contributed by atoms with Gasteiger partial charge in [-0.25, -0.2) is 0 Å². The molecule has 1 aliphatic rings. The van der Waals surface area contributed by atoms with Gasteiger partial charge in [0.2, 0.25) is 0 Å². The molecular weight excluding hydrogens is 518 g/mol. The van der Waals surface area contributed by atoms with Crippen molar-refractivity contribution < 1.29 is 0 Å². The molecule has 0 spiro atoms. The standard InChI is InChI=1S/C42H29N/c1-27-30-11-2-3-12-32(30)39-22-20-28(25-41(39)31(27)19-10-24-43)29-21-23-40-37-17-7-6-15-35(37)33-13-4-5-14-34(33)36-16-8-9-18-38(36)42(40)26-29/h2-26,43H,1H3/b19-10-,35-33?,36-34?,40-37?,42-38?,43-24?. The summed E-state index contributed by atoms with van der Waals surface area (Å²) in [4.78, 5) is 0. The molecule has 0 heterocycles. The molecule has 1 aliphatic carbocycles. The number of hydrogen-bond donors (Lipinski definition) is 1. The monoisotopic (exact) mass is 547 g/mol. The van der Waals surface area contributed by atoms with E-state index in [0.717, 1.165) is 0 Å². The first-order chi connectivity index (χ1) is 21.2. The Morgan fingerprint density at radius 2 is 0.860 bits per heavy atom. The summed E-state index contributed by atoms with van der Waals surface area (Å²) in [6.07, 6.45) is 5.25. The molecule has 0 amide bonds. The average Bonchev–Trinajstić information content (AvgIpc) is 3.07. The topological polar surface area (TPSA) is 23.9 Å². The van der Waals surface area contributed by atoms with Gasteiger partial charge in [0.15, 0.2) is 0 Å². The van der Waals surface area contributed by atoms with Gasteiger partial charge in [-0.3, -0.25) is 0 Å². The summed E-state index contributed by atoms with van der Waals surface area (Å²) in [7, 11) is 0. The van der Waals surface area contributed by atoms with Crippen molar-refractivity contribution >= 4 is 33.8 Å². The second-order valence-corrected chi connectivity index (χ2v) is 11.3. The molecule has 1 nitrogen and oxygen atoms in total. The third kappa shape index (κ3) is 3.97. The second-order valence-electron chi connectivity index (χ2n) is 11.3. The third-order valence-electron chi connectivity index (χ3n) is 8.99. The van der Waals surface area contributed by atoms with Gasteiger partial charge in [0.1, 0.15) is 0 Å². The van der Waals surface area contributed by atoms with E-state index in [0.29, 0.717) is 0 Å². The lowest BCUT2D eigenvalue weighted by Gasteiger charge is -2.23. The Hall–Kier alpha value is -5.53. The largest absolute Gasteiger partial charge is 0.309 e. The van der Waals surface area contributed by atoms with E-state index >= 15 is 0 Å². The van der Waals surface area contributed by atoms with Gasteiger partial charge in [0.05, 0.1) is 0 Å². The third-order valence-corrected chi connectivity index (χ3v) is 8.99. The Bertz CT molecular complexity index is 2260. The maximum absolute atomic E-state index is 7.64. The second kappa shape index (κ2) is 10.1. The Morgan fingerprint density at radius 1 is 0.419 bits per heavy atom. The van der Waals surface area contributed by atoms with Crippen LogP contribution in [-0.2, 0) is 0 Å². The molecule has 0 saturated carbocycles. The van der Waals surface area contributed by atoms with E-state index in [2.05, 4.69) is 146 Å². The van der Waals surface area contributed by atoms with Gasteiger partial charge in [-0.1, -0.05) is 127 Å². The van der Waals surface area contributed by atoms with Crippen LogP contribution in [0.1, 0.15) is 11.1 Å². The molecule has 43 heavy (non-hydrogen) atoms. The van der Waals surface area contributed by atoms with Crippen LogP contribution in [0.5, 0.6) is 0 Å². The van der Waals surface area contributed by atoms with E-state index in [4.69, 9.17) is 5.41 Å². The lowest BCUT2D eigenvalue weighted by molar-refractivity contribution is 1.51. The average molecular weight is 548 g/mol. The molecule has 1 N–H and O–H groups in total. The van der Waals surface area contributed by atoms with Crippen LogP contribution < -0.4 is 0 Å². The Balaban J connectivity index is 1.40. The number of allylic oxidation sites excluding steroid dienone is 1. The van der Waals surface area contributed by atoms with E-state index in [-0.39, 0.29) is 0 Å². The van der Waals surface area contributed by atoms with Gasteiger partial charge in [-0.15, -0.1) is 0 Å². The minimum atomic E-state index is 1.17. The Morgan fingerprint density at radius 3 is 1.44 bits per heavy atom. The van der Waals surface area contributed by atoms with E-state index < -0.39 is 0 Å². The Labute approximate surface area is 251 Å². The molecular formula is C42H29N. The quantitative estimate of drug-likeness (QED) is 0.168. The van der Waals surface area contributed by atoms with Crippen LogP contribution >= 0.6 is 0 Å². The number of fused-ring (bicyclic) bond motifs is 11. The van der Waals surface area contributed by atoms with Crippen LogP contribution in [0.3, 0.4) is 0 Å². The summed E-state index contributed by atoms with van der Waals surface area (Å²) in [6, 6.07) is 48.8. The number of hydrogen-bond acceptors (Lipinski definition) is 1. The molecule has 8 rings (SSSR count). The fraction of sp³-hybridized carbons (Fsp3) is 0.0238. The van der Waals surface area contributed by atoms with E-state index in [1.165, 1.54) is 94.5 Å². The molecule has 0 unspecified atom stereocenters. The zero-order valence-electron chi connectivity index (χ0n) is 23.9. The highest BCUT2D eigenvalue weighted by Gasteiger charge is 2.22. The maximum atomic E-state index is 7.64. The molecule has 1 heteroatoms. The van der Waals surface area contributed by atoms with Gasteiger partial charge in [0, 0.05) is 6.21 Å². The van der Waals surface area contributed by atoms with Crippen molar-refractivity contribution in [3.8, 4) is 55.6 Å². The van der Waals surface area contributed by atoms with Crippen LogP contribution in [0, 0.1) is 12.3 Å². The molecule has 202 valence electrons. The molecule has 0 saturated heterocycles. The highest BCUT2D eigenvalue weighted by Crippen LogP contribution is 2.48. The summed E-state index contributed by atoms with van der Waals surface area (Å²) in [6.45, 7) is 2.19. The normalized spacial score (nSPS) is 11.8. The predicted octanol–water partition coefficient (Wildman–Crippen LogP) is 11.6. The summed E-state index contributed by atoms with van der Waals surface area (Å²) >= 11 is 0.